The van der Waals surface area contributed by atoms with Crippen LogP contribution in [0.1, 0.15) is 17.5 Å². The van der Waals surface area contributed by atoms with Gasteiger partial charge in [-0.3, -0.25) is 0 Å². The molecule has 0 amide bonds. The second-order valence-corrected chi connectivity index (χ2v) is 8.20. The lowest BCUT2D eigenvalue weighted by Crippen LogP contribution is -2.33. The van der Waals surface area contributed by atoms with Gasteiger partial charge < -0.3 is 10.6 Å². The minimum Gasteiger partial charge on any atom is -0.398 e. The number of likely N-dealkylation sites (tertiary alicyclic amines) is 1. The van der Waals surface area contributed by atoms with E-state index < -0.39 is 10.0 Å². The van der Waals surface area contributed by atoms with E-state index >= 15 is 0 Å². The first kappa shape index (κ1) is 16.3. The number of rotatable bonds is 4. The molecule has 0 saturated carbocycles. The second-order valence-electron chi connectivity index (χ2n) is 6.16. The van der Waals surface area contributed by atoms with Gasteiger partial charge in [-0.05, 0) is 63.0 Å². The molecule has 1 aliphatic rings. The van der Waals surface area contributed by atoms with Gasteiger partial charge in [0.2, 0.25) is 10.0 Å². The summed E-state index contributed by atoms with van der Waals surface area (Å²) in [6, 6.07) is 3.27. The zero-order chi connectivity index (χ0) is 15.8. The molecule has 1 aliphatic heterocycles. The smallest absolute Gasteiger partial charge is 0.242 e. The fraction of sp³-hybridized carbons (Fsp3) is 0.600. The maximum atomic E-state index is 12.7. The predicted octanol–water partition coefficient (Wildman–Crippen LogP) is 1.46. The number of benzene rings is 1. The van der Waals surface area contributed by atoms with Gasteiger partial charge in [0, 0.05) is 25.8 Å². The summed E-state index contributed by atoms with van der Waals surface area (Å²) in [6.07, 6.45) is 1.05. The molecular formula is C15H25N3O2S. The van der Waals surface area contributed by atoms with Crippen LogP contribution >= 0.6 is 0 Å². The standard InChI is InChI=1S/C15H25N3O2S/c1-11-7-14(8-15(16)12(11)2)21(19,20)18(4)10-13-5-6-17(3)9-13/h7-8,13H,5-6,9-10,16H2,1-4H3. The van der Waals surface area contributed by atoms with E-state index in [1.165, 1.54) is 4.31 Å². The average Bonchev–Trinajstić information content (AvgIpc) is 2.80. The number of hydrogen-bond acceptors (Lipinski definition) is 4. The largest absolute Gasteiger partial charge is 0.398 e. The van der Waals surface area contributed by atoms with Crippen molar-refractivity contribution in [1.82, 2.24) is 9.21 Å². The number of anilines is 1. The summed E-state index contributed by atoms with van der Waals surface area (Å²) in [7, 11) is 0.249. The molecule has 1 saturated heterocycles. The first-order valence-corrected chi connectivity index (χ1v) is 8.67. The first-order chi connectivity index (χ1) is 9.71. The summed E-state index contributed by atoms with van der Waals surface area (Å²) in [5.41, 5.74) is 8.28. The fourth-order valence-corrected chi connectivity index (χ4v) is 4.19. The zero-order valence-electron chi connectivity index (χ0n) is 13.3. The molecule has 1 aromatic carbocycles. The van der Waals surface area contributed by atoms with Gasteiger partial charge in [0.25, 0.3) is 0 Å². The Labute approximate surface area is 127 Å². The van der Waals surface area contributed by atoms with Crippen LogP contribution in [0.2, 0.25) is 0 Å². The highest BCUT2D eigenvalue weighted by molar-refractivity contribution is 7.89. The number of aryl methyl sites for hydroxylation is 1. The molecule has 0 radical (unpaired) electrons. The zero-order valence-corrected chi connectivity index (χ0v) is 14.1. The van der Waals surface area contributed by atoms with Crippen LogP contribution in [0.25, 0.3) is 0 Å². The number of nitrogen functional groups attached to an aromatic ring is 1. The Morgan fingerprint density at radius 2 is 2.05 bits per heavy atom. The Hall–Kier alpha value is -1.11. The average molecular weight is 311 g/mol. The molecular weight excluding hydrogens is 286 g/mol. The van der Waals surface area contributed by atoms with Crippen LogP contribution in [-0.4, -0.2) is 51.4 Å². The van der Waals surface area contributed by atoms with Gasteiger partial charge in [-0.15, -0.1) is 0 Å². The van der Waals surface area contributed by atoms with Gasteiger partial charge in [-0.2, -0.15) is 0 Å². The van der Waals surface area contributed by atoms with E-state index in [0.717, 1.165) is 30.6 Å². The van der Waals surface area contributed by atoms with E-state index in [0.29, 0.717) is 18.2 Å². The highest BCUT2D eigenvalue weighted by Gasteiger charge is 2.27. The normalized spacial score (nSPS) is 20.3. The summed E-state index contributed by atoms with van der Waals surface area (Å²) < 4.78 is 26.8. The lowest BCUT2D eigenvalue weighted by Gasteiger charge is -2.21. The molecule has 0 aromatic heterocycles. The SMILES string of the molecule is Cc1cc(S(=O)(=O)N(C)CC2CCN(C)C2)cc(N)c1C. The van der Waals surface area contributed by atoms with Crippen molar-refractivity contribution in [3.63, 3.8) is 0 Å². The van der Waals surface area contributed by atoms with Crippen molar-refractivity contribution >= 4 is 15.7 Å². The van der Waals surface area contributed by atoms with Crippen LogP contribution in [-0.2, 0) is 10.0 Å². The summed E-state index contributed by atoms with van der Waals surface area (Å²) in [6.45, 7) is 6.33. The molecule has 6 heteroatoms. The van der Waals surface area contributed by atoms with Gasteiger partial charge in [-0.1, -0.05) is 0 Å². The predicted molar refractivity (Wildman–Crippen MR) is 85.7 cm³/mol. The highest BCUT2D eigenvalue weighted by atomic mass is 32.2. The van der Waals surface area contributed by atoms with Gasteiger partial charge >= 0.3 is 0 Å². The van der Waals surface area contributed by atoms with Crippen LogP contribution in [0.4, 0.5) is 5.69 Å². The summed E-state index contributed by atoms with van der Waals surface area (Å²) in [5, 5.41) is 0. The Morgan fingerprint density at radius 3 is 2.57 bits per heavy atom. The second kappa shape index (κ2) is 5.94. The Kier molecular flexibility index (Phi) is 4.60. The maximum absolute atomic E-state index is 12.7. The quantitative estimate of drug-likeness (QED) is 0.855. The van der Waals surface area contributed by atoms with Crippen molar-refractivity contribution in [2.45, 2.75) is 25.2 Å². The molecule has 0 spiro atoms. The first-order valence-electron chi connectivity index (χ1n) is 7.23. The van der Waals surface area contributed by atoms with E-state index in [9.17, 15) is 8.42 Å². The number of hydrogen-bond donors (Lipinski definition) is 1. The Morgan fingerprint density at radius 1 is 1.38 bits per heavy atom. The minimum absolute atomic E-state index is 0.289. The summed E-state index contributed by atoms with van der Waals surface area (Å²) >= 11 is 0. The van der Waals surface area contributed by atoms with Gasteiger partial charge in [0.15, 0.2) is 0 Å². The van der Waals surface area contributed by atoms with Crippen molar-refractivity contribution in [2.24, 2.45) is 5.92 Å². The van der Waals surface area contributed by atoms with Crippen molar-refractivity contribution in [3.05, 3.63) is 23.3 Å². The topological polar surface area (TPSA) is 66.6 Å². The third-order valence-corrected chi connectivity index (χ3v) is 6.19. The van der Waals surface area contributed by atoms with Gasteiger partial charge in [-0.25, -0.2) is 12.7 Å². The van der Waals surface area contributed by atoms with Crippen LogP contribution < -0.4 is 5.73 Å². The third-order valence-electron chi connectivity index (χ3n) is 4.39. The van der Waals surface area contributed by atoms with E-state index in [1.807, 2.05) is 13.8 Å². The number of nitrogens with two attached hydrogens (primary N) is 1. The molecule has 0 bridgehead atoms. The molecule has 2 N–H and O–H groups in total. The summed E-state index contributed by atoms with van der Waals surface area (Å²) in [5.74, 6) is 0.402. The van der Waals surface area contributed by atoms with Crippen molar-refractivity contribution in [3.8, 4) is 0 Å². The molecule has 118 valence electrons. The Balaban J connectivity index is 2.21. The molecule has 0 aliphatic carbocycles. The molecule has 21 heavy (non-hydrogen) atoms. The molecule has 1 fully saturated rings. The molecule has 1 aromatic rings. The van der Waals surface area contributed by atoms with Crippen LogP contribution in [0.15, 0.2) is 17.0 Å². The minimum atomic E-state index is -3.47. The summed E-state index contributed by atoms with van der Waals surface area (Å²) in [4.78, 5) is 2.52. The van der Waals surface area contributed by atoms with E-state index in [2.05, 4.69) is 11.9 Å². The van der Waals surface area contributed by atoms with E-state index in [4.69, 9.17) is 5.73 Å². The number of nitrogens with zero attached hydrogens (tertiary/aromatic N) is 2. The van der Waals surface area contributed by atoms with Crippen molar-refractivity contribution in [1.29, 1.82) is 0 Å². The van der Waals surface area contributed by atoms with E-state index in [1.54, 1.807) is 19.2 Å². The van der Waals surface area contributed by atoms with Crippen LogP contribution in [0, 0.1) is 19.8 Å². The van der Waals surface area contributed by atoms with E-state index in [-0.39, 0.29) is 4.90 Å². The number of sulfonamides is 1. The lowest BCUT2D eigenvalue weighted by molar-refractivity contribution is 0.357. The molecule has 2 rings (SSSR count). The van der Waals surface area contributed by atoms with Crippen LogP contribution in [0.5, 0.6) is 0 Å². The monoisotopic (exact) mass is 311 g/mol. The molecule has 1 unspecified atom stereocenters. The van der Waals surface area contributed by atoms with Gasteiger partial charge in [0.1, 0.15) is 0 Å². The molecule has 5 nitrogen and oxygen atoms in total. The Bertz CT molecular complexity index is 605. The third kappa shape index (κ3) is 3.39. The van der Waals surface area contributed by atoms with Gasteiger partial charge in [0.05, 0.1) is 4.90 Å². The van der Waals surface area contributed by atoms with Crippen molar-refractivity contribution in [2.75, 3.05) is 39.5 Å². The molecule has 1 heterocycles. The highest BCUT2D eigenvalue weighted by Crippen LogP contribution is 2.25. The maximum Gasteiger partial charge on any atom is 0.242 e. The van der Waals surface area contributed by atoms with Crippen LogP contribution in [0.3, 0.4) is 0 Å². The fourth-order valence-electron chi connectivity index (χ4n) is 2.82. The molecule has 1 atom stereocenters. The van der Waals surface area contributed by atoms with Crippen molar-refractivity contribution < 1.29 is 8.42 Å². The lowest BCUT2D eigenvalue weighted by atomic mass is 10.1.